The van der Waals surface area contributed by atoms with Crippen molar-refractivity contribution in [2.75, 3.05) is 25.5 Å². The lowest BCUT2D eigenvalue weighted by atomic mass is 9.98. The molecule has 0 aromatic heterocycles. The molecule has 0 spiro atoms. The van der Waals surface area contributed by atoms with E-state index in [1.165, 1.54) is 35.7 Å². The first-order valence-corrected chi connectivity index (χ1v) is 15.1. The van der Waals surface area contributed by atoms with Crippen molar-refractivity contribution in [2.45, 2.75) is 43.4 Å². The number of nitrogens with zero attached hydrogens (tertiary/aromatic N) is 1. The summed E-state index contributed by atoms with van der Waals surface area (Å²) in [5.41, 5.74) is 0.679. The van der Waals surface area contributed by atoms with Crippen molar-refractivity contribution in [1.82, 2.24) is 9.03 Å². The number of halogens is 2. The summed E-state index contributed by atoms with van der Waals surface area (Å²) < 4.78 is 60.3. The molecule has 1 fully saturated rings. The molecule has 0 radical (unpaired) electrons. The van der Waals surface area contributed by atoms with Crippen LogP contribution in [0.15, 0.2) is 41.3 Å². The Balaban J connectivity index is 1.75. The van der Waals surface area contributed by atoms with Crippen LogP contribution in [-0.4, -0.2) is 53.3 Å². The molecule has 2 N–H and O–H groups in total. The fourth-order valence-corrected chi connectivity index (χ4v) is 7.10. The van der Waals surface area contributed by atoms with Gasteiger partial charge in [-0.3, -0.25) is 4.79 Å². The molecule has 9 nitrogen and oxygen atoms in total. The highest BCUT2D eigenvalue weighted by Crippen LogP contribution is 2.30. The molecule has 2 aromatic carbocycles. The Bertz CT molecular complexity index is 1330. The van der Waals surface area contributed by atoms with Crippen LogP contribution in [-0.2, 0) is 30.6 Å². The van der Waals surface area contributed by atoms with Crippen molar-refractivity contribution in [3.05, 3.63) is 52.0 Å². The number of benzene rings is 2. The first-order chi connectivity index (χ1) is 16.8. The number of anilines is 1. The Morgan fingerprint density at radius 2 is 1.83 bits per heavy atom. The summed E-state index contributed by atoms with van der Waals surface area (Å²) in [7, 11) is -6.10. The van der Waals surface area contributed by atoms with Gasteiger partial charge in [-0.15, -0.1) is 0 Å². The lowest BCUT2D eigenvalue weighted by molar-refractivity contribution is -0.120. The van der Waals surface area contributed by atoms with Gasteiger partial charge in [0.05, 0.1) is 39.4 Å². The van der Waals surface area contributed by atoms with Gasteiger partial charge in [-0.2, -0.15) is 0 Å². The van der Waals surface area contributed by atoms with E-state index in [1.807, 2.05) is 0 Å². The summed E-state index contributed by atoms with van der Waals surface area (Å²) in [5.74, 6) is -1.03. The Morgan fingerprint density at radius 3 is 2.47 bits per heavy atom. The molecule has 0 aliphatic carbocycles. The van der Waals surface area contributed by atoms with Gasteiger partial charge in [-0.05, 0) is 62.6 Å². The van der Waals surface area contributed by atoms with Crippen molar-refractivity contribution in [2.24, 2.45) is 5.92 Å². The Hall–Kier alpha value is -1.89. The summed E-state index contributed by atoms with van der Waals surface area (Å²) in [6.07, 6.45) is 0.988. The van der Waals surface area contributed by atoms with Gasteiger partial charge < -0.3 is 10.1 Å². The summed E-state index contributed by atoms with van der Waals surface area (Å²) in [4.78, 5) is 13.1. The molecule has 2 aromatic rings. The monoisotopic (exact) mass is 577 g/mol. The van der Waals surface area contributed by atoms with Gasteiger partial charge in [-0.25, -0.2) is 25.9 Å². The molecule has 36 heavy (non-hydrogen) atoms. The molecule has 1 aliphatic heterocycles. The van der Waals surface area contributed by atoms with Crippen LogP contribution in [0.4, 0.5) is 5.69 Å². The van der Waals surface area contributed by atoms with Crippen molar-refractivity contribution in [3.63, 3.8) is 0 Å². The van der Waals surface area contributed by atoms with E-state index in [-0.39, 0.29) is 39.7 Å². The summed E-state index contributed by atoms with van der Waals surface area (Å²) in [6.45, 7) is 3.71. The molecule has 0 unspecified atom stereocenters. The maximum atomic E-state index is 13.1. The van der Waals surface area contributed by atoms with Crippen LogP contribution >= 0.6 is 23.2 Å². The number of rotatable bonds is 9. The van der Waals surface area contributed by atoms with Crippen LogP contribution in [0.3, 0.4) is 0 Å². The van der Waals surface area contributed by atoms with E-state index in [2.05, 4.69) is 10.0 Å². The third-order valence-corrected chi connectivity index (χ3v) is 9.82. The van der Waals surface area contributed by atoms with E-state index in [0.717, 1.165) is 0 Å². The Kier molecular flexibility index (Phi) is 9.29. The smallest absolute Gasteiger partial charge is 0.240 e. The molecule has 0 saturated carbocycles. The Morgan fingerprint density at radius 1 is 1.11 bits per heavy atom. The maximum absolute atomic E-state index is 13.1. The predicted octanol–water partition coefficient (Wildman–Crippen LogP) is 3.87. The largest absolute Gasteiger partial charge is 0.495 e. The normalized spacial score (nSPS) is 17.2. The van der Waals surface area contributed by atoms with E-state index >= 15 is 0 Å². The van der Waals surface area contributed by atoms with Crippen LogP contribution in [0.2, 0.25) is 10.0 Å². The average molecular weight is 579 g/mol. The van der Waals surface area contributed by atoms with Crippen LogP contribution in [0.25, 0.3) is 0 Å². The minimum absolute atomic E-state index is 0.00466. The van der Waals surface area contributed by atoms with Gasteiger partial charge in [0, 0.05) is 19.1 Å². The molecule has 198 valence electrons. The molecule has 1 atom stereocenters. The lowest BCUT2D eigenvalue weighted by Gasteiger charge is -2.31. The minimum Gasteiger partial charge on any atom is -0.495 e. The second-order valence-corrected chi connectivity index (χ2v) is 13.3. The fourth-order valence-electron chi connectivity index (χ4n) is 3.91. The van der Waals surface area contributed by atoms with Crippen LogP contribution in [0, 0.1) is 5.92 Å². The molecular weight excluding hydrogens is 549 g/mol. The van der Waals surface area contributed by atoms with E-state index < -0.39 is 31.9 Å². The summed E-state index contributed by atoms with van der Waals surface area (Å²) >= 11 is 11.9. The highest BCUT2D eigenvalue weighted by atomic mass is 35.5. The van der Waals surface area contributed by atoms with Crippen molar-refractivity contribution in [1.29, 1.82) is 0 Å². The van der Waals surface area contributed by atoms with Crippen molar-refractivity contribution in [3.8, 4) is 5.75 Å². The van der Waals surface area contributed by atoms with Crippen LogP contribution in [0.5, 0.6) is 5.75 Å². The van der Waals surface area contributed by atoms with E-state index in [4.69, 9.17) is 27.9 Å². The topological polar surface area (TPSA) is 122 Å². The molecular formula is C23H29Cl2N3O6S2. The van der Waals surface area contributed by atoms with Crippen molar-refractivity contribution >= 4 is 54.8 Å². The number of carbonyl (C=O) groups is 1. The molecule has 13 heteroatoms. The highest BCUT2D eigenvalue weighted by Gasteiger charge is 2.33. The van der Waals surface area contributed by atoms with Gasteiger partial charge in [0.15, 0.2) is 0 Å². The second kappa shape index (κ2) is 11.7. The van der Waals surface area contributed by atoms with Crippen LogP contribution < -0.4 is 14.8 Å². The quantitative estimate of drug-likeness (QED) is 0.466. The third kappa shape index (κ3) is 7.11. The number of carbonyl (C=O) groups excluding carboxylic acids is 1. The number of methoxy groups -OCH3 is 1. The molecule has 0 bridgehead atoms. The summed E-state index contributed by atoms with van der Waals surface area (Å²) in [5, 5.41) is 3.32. The fraction of sp³-hybridized carbons (Fsp3) is 0.435. The van der Waals surface area contributed by atoms with Crippen LogP contribution in [0.1, 0.15) is 32.3 Å². The first-order valence-electron chi connectivity index (χ1n) is 11.3. The predicted molar refractivity (Wildman–Crippen MR) is 140 cm³/mol. The molecule has 1 heterocycles. The standard InChI is InChI=1S/C23H29Cl2N3O6S2/c1-15(2)27-36(32,33)18-7-9-22(34-3)21(12-18)26-23(29)17-5-4-10-28(13-17)35(30,31)14-16-6-8-19(24)20(25)11-16/h6-9,11-12,15,17,27H,4-5,10,13-14H2,1-3H3,(H,26,29)/t17-/m0/s1. The number of ether oxygens (including phenoxy) is 1. The van der Waals surface area contributed by atoms with Crippen molar-refractivity contribution < 1.29 is 26.4 Å². The van der Waals surface area contributed by atoms with Gasteiger partial charge in [0.2, 0.25) is 26.0 Å². The number of amides is 1. The Labute approximate surface area is 222 Å². The number of sulfonamides is 2. The van der Waals surface area contributed by atoms with E-state index in [1.54, 1.807) is 26.0 Å². The second-order valence-electron chi connectivity index (χ2n) is 8.83. The molecule has 1 aliphatic rings. The number of piperidine rings is 1. The zero-order valence-electron chi connectivity index (χ0n) is 20.1. The molecule has 3 rings (SSSR count). The number of hydrogen-bond acceptors (Lipinski definition) is 6. The third-order valence-electron chi connectivity index (χ3n) is 5.61. The minimum atomic E-state index is -3.79. The van der Waals surface area contributed by atoms with Gasteiger partial charge >= 0.3 is 0 Å². The highest BCUT2D eigenvalue weighted by molar-refractivity contribution is 7.89. The van der Waals surface area contributed by atoms with E-state index in [0.29, 0.717) is 30.0 Å². The molecule has 1 amide bonds. The molecule has 1 saturated heterocycles. The number of hydrogen-bond donors (Lipinski definition) is 2. The SMILES string of the molecule is COc1ccc(S(=O)(=O)NC(C)C)cc1NC(=O)[C@H]1CCCN(S(=O)(=O)Cc2ccc(Cl)c(Cl)c2)C1. The average Bonchev–Trinajstić information content (AvgIpc) is 2.80. The van der Waals surface area contributed by atoms with E-state index in [9.17, 15) is 21.6 Å². The zero-order valence-corrected chi connectivity index (χ0v) is 23.3. The van der Waals surface area contributed by atoms with Gasteiger partial charge in [-0.1, -0.05) is 29.3 Å². The first kappa shape index (κ1) is 28.7. The maximum Gasteiger partial charge on any atom is 0.240 e. The number of nitrogens with one attached hydrogen (secondary N) is 2. The summed E-state index contributed by atoms with van der Waals surface area (Å²) in [6, 6.07) is 8.51. The lowest BCUT2D eigenvalue weighted by Crippen LogP contribution is -2.44. The zero-order chi connectivity index (χ0) is 26.7. The van der Waals surface area contributed by atoms with Gasteiger partial charge in [0.1, 0.15) is 5.75 Å². The van der Waals surface area contributed by atoms with Gasteiger partial charge in [0.25, 0.3) is 0 Å².